The topological polar surface area (TPSA) is 75.7 Å². The average Bonchev–Trinajstić information content (AvgIpc) is 2.85. The number of aryl methyl sites for hydroxylation is 1. The van der Waals surface area contributed by atoms with Crippen molar-refractivity contribution >= 4 is 39.3 Å². The maximum atomic E-state index is 12.1. The lowest BCUT2D eigenvalue weighted by molar-refractivity contribution is -0.116. The SMILES string of the molecule is Cc1cc(Br)cc(NC(=O)CCCCON2C(=O)c3ccccc3C2=O)c1. The lowest BCUT2D eigenvalue weighted by atomic mass is 10.1. The van der Waals surface area contributed by atoms with E-state index in [4.69, 9.17) is 4.84 Å². The number of hydroxylamine groups is 2. The second-order valence-electron chi connectivity index (χ2n) is 6.31. The minimum atomic E-state index is -0.446. The summed E-state index contributed by atoms with van der Waals surface area (Å²) in [5, 5.41) is 3.65. The van der Waals surface area contributed by atoms with Gasteiger partial charge in [0.15, 0.2) is 0 Å². The highest BCUT2D eigenvalue weighted by Gasteiger charge is 2.36. The minimum Gasteiger partial charge on any atom is -0.326 e. The molecule has 0 saturated carbocycles. The number of anilines is 1. The van der Waals surface area contributed by atoms with Gasteiger partial charge in [-0.1, -0.05) is 28.1 Å². The van der Waals surface area contributed by atoms with Crippen LogP contribution in [0.1, 0.15) is 45.5 Å². The minimum absolute atomic E-state index is 0.0896. The van der Waals surface area contributed by atoms with Crippen LogP contribution in [0.25, 0.3) is 0 Å². The van der Waals surface area contributed by atoms with Crippen LogP contribution < -0.4 is 5.32 Å². The fourth-order valence-corrected chi connectivity index (χ4v) is 3.47. The molecule has 0 bridgehead atoms. The molecule has 7 heteroatoms. The van der Waals surface area contributed by atoms with Crippen LogP contribution in [0.2, 0.25) is 0 Å². The van der Waals surface area contributed by atoms with Crippen molar-refractivity contribution in [3.05, 3.63) is 63.6 Å². The quantitative estimate of drug-likeness (QED) is 0.529. The summed E-state index contributed by atoms with van der Waals surface area (Å²) in [4.78, 5) is 41.7. The Morgan fingerprint density at radius 1 is 1.07 bits per heavy atom. The lowest BCUT2D eigenvalue weighted by Gasteiger charge is -2.13. The molecule has 0 aliphatic carbocycles. The third kappa shape index (κ3) is 4.61. The predicted octanol–water partition coefficient (Wildman–Crippen LogP) is 4.09. The van der Waals surface area contributed by atoms with E-state index in [0.29, 0.717) is 30.4 Å². The summed E-state index contributed by atoms with van der Waals surface area (Å²) in [5.41, 5.74) is 2.50. The van der Waals surface area contributed by atoms with Gasteiger partial charge in [0.2, 0.25) is 5.91 Å². The van der Waals surface area contributed by atoms with Gasteiger partial charge in [0, 0.05) is 16.6 Å². The van der Waals surface area contributed by atoms with Crippen molar-refractivity contribution < 1.29 is 19.2 Å². The van der Waals surface area contributed by atoms with Crippen LogP contribution in [0.4, 0.5) is 5.69 Å². The Morgan fingerprint density at radius 3 is 2.37 bits per heavy atom. The first-order valence-electron chi connectivity index (χ1n) is 8.63. The van der Waals surface area contributed by atoms with E-state index in [1.54, 1.807) is 24.3 Å². The van der Waals surface area contributed by atoms with Crippen LogP contribution in [0.15, 0.2) is 46.9 Å². The van der Waals surface area contributed by atoms with Gasteiger partial charge in [0.1, 0.15) is 0 Å². The van der Waals surface area contributed by atoms with Crippen LogP contribution in [0.5, 0.6) is 0 Å². The number of rotatable bonds is 7. The van der Waals surface area contributed by atoms with E-state index in [2.05, 4.69) is 21.2 Å². The summed E-state index contributed by atoms with van der Waals surface area (Å²) in [6.07, 6.45) is 1.47. The molecule has 0 saturated heterocycles. The first kappa shape index (κ1) is 19.3. The van der Waals surface area contributed by atoms with Crippen molar-refractivity contribution in [2.45, 2.75) is 26.2 Å². The van der Waals surface area contributed by atoms with Gasteiger partial charge in [-0.25, -0.2) is 0 Å². The fraction of sp³-hybridized carbons (Fsp3) is 0.250. The normalized spacial score (nSPS) is 13.0. The number of imide groups is 1. The van der Waals surface area contributed by atoms with E-state index in [1.165, 1.54) is 0 Å². The maximum Gasteiger partial charge on any atom is 0.285 e. The summed E-state index contributed by atoms with van der Waals surface area (Å²) >= 11 is 3.40. The van der Waals surface area contributed by atoms with Gasteiger partial charge in [-0.05, 0) is 55.7 Å². The molecule has 1 heterocycles. The Bertz CT molecular complexity index is 842. The van der Waals surface area contributed by atoms with Gasteiger partial charge >= 0.3 is 0 Å². The molecular formula is C20H19BrN2O4. The molecule has 2 aromatic rings. The maximum absolute atomic E-state index is 12.1. The van der Waals surface area contributed by atoms with E-state index < -0.39 is 11.8 Å². The number of fused-ring (bicyclic) bond motifs is 1. The molecule has 0 aromatic heterocycles. The smallest absolute Gasteiger partial charge is 0.285 e. The number of nitrogens with one attached hydrogen (secondary N) is 1. The Hall–Kier alpha value is -2.51. The molecule has 2 aromatic carbocycles. The number of nitrogens with zero attached hydrogens (tertiary/aromatic N) is 1. The van der Waals surface area contributed by atoms with E-state index in [-0.39, 0.29) is 12.5 Å². The van der Waals surface area contributed by atoms with Crippen LogP contribution in [0.3, 0.4) is 0 Å². The molecule has 1 aliphatic rings. The van der Waals surface area contributed by atoms with Crippen molar-refractivity contribution in [2.75, 3.05) is 11.9 Å². The Labute approximate surface area is 165 Å². The molecule has 0 radical (unpaired) electrons. The number of carbonyl (C=O) groups excluding carboxylic acids is 3. The zero-order valence-corrected chi connectivity index (χ0v) is 16.4. The third-order valence-electron chi connectivity index (χ3n) is 4.10. The summed E-state index contributed by atoms with van der Waals surface area (Å²) in [6, 6.07) is 12.3. The molecular weight excluding hydrogens is 412 g/mol. The van der Waals surface area contributed by atoms with E-state index in [1.807, 2.05) is 25.1 Å². The summed E-state index contributed by atoms with van der Waals surface area (Å²) in [7, 11) is 0. The second kappa shape index (κ2) is 8.45. The Kier molecular flexibility index (Phi) is 6.03. The molecule has 1 aliphatic heterocycles. The molecule has 1 N–H and O–H groups in total. The third-order valence-corrected chi connectivity index (χ3v) is 4.56. The highest BCUT2D eigenvalue weighted by Crippen LogP contribution is 2.23. The molecule has 0 unspecified atom stereocenters. The summed E-state index contributed by atoms with van der Waals surface area (Å²) < 4.78 is 0.909. The Morgan fingerprint density at radius 2 is 1.74 bits per heavy atom. The molecule has 27 heavy (non-hydrogen) atoms. The fourth-order valence-electron chi connectivity index (χ4n) is 2.86. The molecule has 3 amide bonds. The number of amides is 3. The number of carbonyl (C=O) groups is 3. The zero-order valence-electron chi connectivity index (χ0n) is 14.8. The molecule has 0 atom stereocenters. The van der Waals surface area contributed by atoms with E-state index >= 15 is 0 Å². The molecule has 140 valence electrons. The first-order chi connectivity index (χ1) is 13.0. The van der Waals surface area contributed by atoms with Crippen molar-refractivity contribution in [3.63, 3.8) is 0 Å². The largest absolute Gasteiger partial charge is 0.326 e. The van der Waals surface area contributed by atoms with Crippen LogP contribution in [-0.2, 0) is 9.63 Å². The number of benzene rings is 2. The lowest BCUT2D eigenvalue weighted by Crippen LogP contribution is -2.30. The monoisotopic (exact) mass is 430 g/mol. The van der Waals surface area contributed by atoms with Gasteiger partial charge in [0.25, 0.3) is 11.8 Å². The number of hydrogen-bond donors (Lipinski definition) is 1. The van der Waals surface area contributed by atoms with Crippen LogP contribution in [-0.4, -0.2) is 29.4 Å². The molecule has 3 rings (SSSR count). The first-order valence-corrected chi connectivity index (χ1v) is 9.43. The van der Waals surface area contributed by atoms with Gasteiger partial charge in [-0.3, -0.25) is 19.2 Å². The number of hydrogen-bond acceptors (Lipinski definition) is 4. The second-order valence-corrected chi connectivity index (χ2v) is 7.22. The molecule has 0 spiro atoms. The predicted molar refractivity (Wildman–Crippen MR) is 104 cm³/mol. The number of unbranched alkanes of at least 4 members (excludes halogenated alkanes) is 1. The summed E-state index contributed by atoms with van der Waals surface area (Å²) in [6.45, 7) is 2.14. The van der Waals surface area contributed by atoms with Gasteiger partial charge in [-0.2, -0.15) is 0 Å². The van der Waals surface area contributed by atoms with Crippen molar-refractivity contribution in [3.8, 4) is 0 Å². The van der Waals surface area contributed by atoms with Crippen molar-refractivity contribution in [1.29, 1.82) is 0 Å². The number of halogens is 1. The van der Waals surface area contributed by atoms with Crippen LogP contribution >= 0.6 is 15.9 Å². The molecule has 6 nitrogen and oxygen atoms in total. The van der Waals surface area contributed by atoms with Gasteiger partial charge < -0.3 is 5.32 Å². The molecule has 0 fully saturated rings. The highest BCUT2D eigenvalue weighted by atomic mass is 79.9. The highest BCUT2D eigenvalue weighted by molar-refractivity contribution is 9.10. The van der Waals surface area contributed by atoms with Gasteiger partial charge in [-0.15, -0.1) is 5.06 Å². The van der Waals surface area contributed by atoms with Crippen molar-refractivity contribution in [2.24, 2.45) is 0 Å². The van der Waals surface area contributed by atoms with E-state index in [0.717, 1.165) is 20.8 Å². The van der Waals surface area contributed by atoms with Crippen LogP contribution in [0, 0.1) is 6.92 Å². The van der Waals surface area contributed by atoms with E-state index in [9.17, 15) is 14.4 Å². The average molecular weight is 431 g/mol. The zero-order chi connectivity index (χ0) is 19.4. The Balaban J connectivity index is 1.40. The van der Waals surface area contributed by atoms with Gasteiger partial charge in [0.05, 0.1) is 17.7 Å². The van der Waals surface area contributed by atoms with Crippen molar-refractivity contribution in [1.82, 2.24) is 5.06 Å². The summed E-state index contributed by atoms with van der Waals surface area (Å²) in [5.74, 6) is -0.982. The standard InChI is InChI=1S/C20H19BrN2O4/c1-13-10-14(21)12-15(11-13)22-18(24)8-4-5-9-27-23-19(25)16-6-2-3-7-17(16)20(23)26/h2-3,6-7,10-12H,4-5,8-9H2,1H3,(H,22,24).